The molecule has 0 aliphatic heterocycles. The van der Waals surface area contributed by atoms with Crippen LogP contribution >= 0.6 is 0 Å². The van der Waals surface area contributed by atoms with Crippen LogP contribution < -0.4 is 4.74 Å². The SMILES string of the molecule is CC(=O)OCC(C)(C)C(OC(=O)N(C)C)C(Oc1ccc(-c2ccccc2)cc1)n1ccnc1. The van der Waals surface area contributed by atoms with Gasteiger partial charge < -0.3 is 19.1 Å². The Morgan fingerprint density at radius 1 is 1.03 bits per heavy atom. The fraction of sp³-hybridized carbons (Fsp3) is 0.346. The smallest absolute Gasteiger partial charge is 0.409 e. The van der Waals surface area contributed by atoms with Crippen molar-refractivity contribution in [1.82, 2.24) is 14.5 Å². The Kier molecular flexibility index (Phi) is 7.94. The van der Waals surface area contributed by atoms with Gasteiger partial charge in [-0.2, -0.15) is 0 Å². The van der Waals surface area contributed by atoms with Crippen LogP contribution in [0.2, 0.25) is 0 Å². The number of rotatable bonds is 9. The van der Waals surface area contributed by atoms with E-state index in [-0.39, 0.29) is 6.61 Å². The molecule has 3 rings (SSSR count). The summed E-state index contributed by atoms with van der Waals surface area (Å²) < 4.78 is 19.3. The van der Waals surface area contributed by atoms with E-state index in [0.29, 0.717) is 5.75 Å². The molecule has 0 fully saturated rings. The Balaban J connectivity index is 1.93. The molecular formula is C26H31N3O5. The molecule has 8 heteroatoms. The Morgan fingerprint density at radius 2 is 1.68 bits per heavy atom. The van der Waals surface area contributed by atoms with Crippen LogP contribution in [0.15, 0.2) is 73.3 Å². The van der Waals surface area contributed by atoms with Crippen molar-refractivity contribution in [3.05, 3.63) is 73.3 Å². The average molecular weight is 466 g/mol. The second-order valence-corrected chi connectivity index (χ2v) is 8.88. The fourth-order valence-electron chi connectivity index (χ4n) is 3.38. The summed E-state index contributed by atoms with van der Waals surface area (Å²) in [5.74, 6) is 0.176. The number of ether oxygens (including phenoxy) is 3. The summed E-state index contributed by atoms with van der Waals surface area (Å²) >= 11 is 0. The molecule has 0 aliphatic carbocycles. The monoisotopic (exact) mass is 465 g/mol. The first-order chi connectivity index (χ1) is 16.2. The topological polar surface area (TPSA) is 82.9 Å². The summed E-state index contributed by atoms with van der Waals surface area (Å²) in [7, 11) is 3.21. The number of imidazole rings is 1. The molecule has 2 aromatic carbocycles. The lowest BCUT2D eigenvalue weighted by Crippen LogP contribution is -2.47. The number of hydrogen-bond donors (Lipinski definition) is 0. The standard InChI is InChI=1S/C26H31N3O5/c1-19(30)32-17-26(2,3)23(34-25(31)28(4)5)24(29-16-15-27-18-29)33-22-13-11-21(12-14-22)20-9-7-6-8-10-20/h6-16,18,23-24H,17H2,1-5H3. The number of nitrogens with zero attached hydrogens (tertiary/aromatic N) is 3. The van der Waals surface area contributed by atoms with E-state index in [1.54, 1.807) is 37.4 Å². The number of benzene rings is 2. The molecular weight excluding hydrogens is 434 g/mol. The minimum absolute atomic E-state index is 0.0369. The van der Waals surface area contributed by atoms with Gasteiger partial charge in [0.25, 0.3) is 0 Å². The van der Waals surface area contributed by atoms with Crippen molar-refractivity contribution < 1.29 is 23.8 Å². The van der Waals surface area contributed by atoms with E-state index in [0.717, 1.165) is 11.1 Å². The highest BCUT2D eigenvalue weighted by Gasteiger charge is 2.43. The third-order valence-corrected chi connectivity index (χ3v) is 5.31. The first-order valence-electron chi connectivity index (χ1n) is 11.0. The second-order valence-electron chi connectivity index (χ2n) is 8.88. The van der Waals surface area contributed by atoms with Crippen molar-refractivity contribution in [2.45, 2.75) is 33.1 Å². The summed E-state index contributed by atoms with van der Waals surface area (Å²) in [6, 6.07) is 17.7. The van der Waals surface area contributed by atoms with Crippen molar-refractivity contribution >= 4 is 12.1 Å². The maximum absolute atomic E-state index is 12.6. The van der Waals surface area contributed by atoms with Crippen molar-refractivity contribution in [2.24, 2.45) is 5.41 Å². The van der Waals surface area contributed by atoms with Gasteiger partial charge in [0.2, 0.25) is 6.23 Å². The molecule has 3 aromatic rings. The fourth-order valence-corrected chi connectivity index (χ4v) is 3.38. The molecule has 0 saturated heterocycles. The molecule has 0 aliphatic rings. The van der Waals surface area contributed by atoms with E-state index in [2.05, 4.69) is 4.98 Å². The summed E-state index contributed by atoms with van der Waals surface area (Å²) in [5.41, 5.74) is 1.37. The van der Waals surface area contributed by atoms with E-state index in [4.69, 9.17) is 14.2 Å². The van der Waals surface area contributed by atoms with Gasteiger partial charge >= 0.3 is 12.1 Å². The first kappa shape index (κ1) is 24.8. The van der Waals surface area contributed by atoms with Crippen LogP contribution in [0.25, 0.3) is 11.1 Å². The lowest BCUT2D eigenvalue weighted by molar-refractivity contribution is -0.151. The van der Waals surface area contributed by atoms with Gasteiger partial charge in [0.1, 0.15) is 12.4 Å². The van der Waals surface area contributed by atoms with E-state index in [1.165, 1.54) is 11.8 Å². The van der Waals surface area contributed by atoms with Gasteiger partial charge in [0, 0.05) is 38.8 Å². The van der Waals surface area contributed by atoms with E-state index in [1.807, 2.05) is 68.4 Å². The molecule has 1 aromatic heterocycles. The molecule has 0 N–H and O–H groups in total. The van der Waals surface area contributed by atoms with Crippen molar-refractivity contribution in [2.75, 3.05) is 20.7 Å². The van der Waals surface area contributed by atoms with Gasteiger partial charge in [-0.1, -0.05) is 56.3 Å². The van der Waals surface area contributed by atoms with Crippen LogP contribution in [0.1, 0.15) is 27.0 Å². The molecule has 1 amide bonds. The van der Waals surface area contributed by atoms with Crippen molar-refractivity contribution in [3.8, 4) is 16.9 Å². The molecule has 0 spiro atoms. The molecule has 34 heavy (non-hydrogen) atoms. The summed E-state index contributed by atoms with van der Waals surface area (Å²) in [6.45, 7) is 5.09. The van der Waals surface area contributed by atoms with Gasteiger partial charge in [-0.05, 0) is 23.3 Å². The molecule has 0 radical (unpaired) electrons. The molecule has 0 saturated carbocycles. The zero-order chi connectivity index (χ0) is 24.7. The minimum Gasteiger partial charge on any atom is -0.466 e. The molecule has 180 valence electrons. The average Bonchev–Trinajstić information content (AvgIpc) is 3.35. The zero-order valence-electron chi connectivity index (χ0n) is 20.2. The van der Waals surface area contributed by atoms with Gasteiger partial charge in [0.05, 0.1) is 6.33 Å². The van der Waals surface area contributed by atoms with Crippen LogP contribution in [0.4, 0.5) is 4.79 Å². The first-order valence-corrected chi connectivity index (χ1v) is 11.0. The Labute approximate surface area is 200 Å². The predicted molar refractivity (Wildman–Crippen MR) is 128 cm³/mol. The lowest BCUT2D eigenvalue weighted by atomic mass is 9.86. The van der Waals surface area contributed by atoms with Gasteiger partial charge in [-0.25, -0.2) is 9.78 Å². The number of esters is 1. The van der Waals surface area contributed by atoms with E-state index < -0.39 is 29.8 Å². The molecule has 0 bridgehead atoms. The number of carbonyl (C=O) groups is 2. The number of carbonyl (C=O) groups excluding carboxylic acids is 2. The van der Waals surface area contributed by atoms with E-state index in [9.17, 15) is 9.59 Å². The van der Waals surface area contributed by atoms with Crippen LogP contribution in [-0.2, 0) is 14.3 Å². The largest absolute Gasteiger partial charge is 0.466 e. The minimum atomic E-state index is -0.815. The number of hydrogen-bond acceptors (Lipinski definition) is 6. The third kappa shape index (κ3) is 6.37. The molecule has 8 nitrogen and oxygen atoms in total. The van der Waals surface area contributed by atoms with Crippen LogP contribution in [0.3, 0.4) is 0 Å². The lowest BCUT2D eigenvalue weighted by Gasteiger charge is -2.38. The normalized spacial score (nSPS) is 13.0. The maximum Gasteiger partial charge on any atom is 0.409 e. The summed E-state index contributed by atoms with van der Waals surface area (Å²) in [4.78, 5) is 29.6. The summed E-state index contributed by atoms with van der Waals surface area (Å²) in [5, 5.41) is 0. The number of aromatic nitrogens is 2. The zero-order valence-corrected chi connectivity index (χ0v) is 20.2. The predicted octanol–water partition coefficient (Wildman–Crippen LogP) is 4.78. The van der Waals surface area contributed by atoms with Gasteiger partial charge in [0.15, 0.2) is 6.10 Å². The Hall–Kier alpha value is -3.81. The second kappa shape index (κ2) is 10.9. The summed E-state index contributed by atoms with van der Waals surface area (Å²) in [6.07, 6.45) is 2.85. The highest BCUT2D eigenvalue weighted by molar-refractivity contribution is 5.67. The molecule has 2 atom stereocenters. The van der Waals surface area contributed by atoms with Crippen LogP contribution in [-0.4, -0.2) is 53.3 Å². The van der Waals surface area contributed by atoms with Gasteiger partial charge in [-0.3, -0.25) is 9.36 Å². The quantitative estimate of drug-likeness (QED) is 0.423. The molecule has 1 heterocycles. The van der Waals surface area contributed by atoms with Gasteiger partial charge in [-0.15, -0.1) is 0 Å². The Morgan fingerprint density at radius 3 is 2.24 bits per heavy atom. The van der Waals surface area contributed by atoms with Crippen molar-refractivity contribution in [1.29, 1.82) is 0 Å². The number of amides is 1. The molecule has 2 unspecified atom stereocenters. The Bertz CT molecular complexity index is 1060. The van der Waals surface area contributed by atoms with E-state index >= 15 is 0 Å². The van der Waals surface area contributed by atoms with Crippen LogP contribution in [0.5, 0.6) is 5.75 Å². The third-order valence-electron chi connectivity index (χ3n) is 5.31. The maximum atomic E-state index is 12.6. The van der Waals surface area contributed by atoms with Crippen molar-refractivity contribution in [3.63, 3.8) is 0 Å². The highest BCUT2D eigenvalue weighted by Crippen LogP contribution is 2.35. The highest BCUT2D eigenvalue weighted by atomic mass is 16.6. The van der Waals surface area contributed by atoms with Crippen LogP contribution in [0, 0.1) is 5.41 Å².